The number of allylic oxidation sites excluding steroid dienone is 5. The molecule has 0 aromatic carbocycles. The number of sulfone groups is 1. The van der Waals surface area contributed by atoms with E-state index in [1.165, 1.54) is 39.0 Å². The molecule has 2 nitrogen and oxygen atoms in total. The third-order valence-electron chi connectivity index (χ3n) is 2.53. The Morgan fingerprint density at radius 2 is 1.72 bits per heavy atom. The van der Waals surface area contributed by atoms with Crippen LogP contribution in [0.4, 0.5) is 13.2 Å². The van der Waals surface area contributed by atoms with Gasteiger partial charge < -0.3 is 0 Å². The Morgan fingerprint density at radius 1 is 1.17 bits per heavy atom. The van der Waals surface area contributed by atoms with E-state index in [0.29, 0.717) is 0 Å². The van der Waals surface area contributed by atoms with E-state index in [0.717, 1.165) is 6.08 Å². The first-order valence-corrected chi connectivity index (χ1v) is 6.84. The minimum absolute atomic E-state index is 0.295. The standard InChI is InChI=1S/C12H15F3O2S/c1-11(2,3)18(16,17)10-7-5-4-6-9(8-10)12(13,14)15/h4-5,7-8H,6H2,1-3H3. The van der Waals surface area contributed by atoms with Crippen LogP contribution in [0.5, 0.6) is 0 Å². The largest absolute Gasteiger partial charge is 0.413 e. The molecule has 0 aliphatic heterocycles. The van der Waals surface area contributed by atoms with Crippen LogP contribution in [-0.2, 0) is 9.84 Å². The molecule has 18 heavy (non-hydrogen) atoms. The van der Waals surface area contributed by atoms with Crippen LogP contribution in [0.15, 0.2) is 34.8 Å². The first-order chi connectivity index (χ1) is 7.96. The van der Waals surface area contributed by atoms with E-state index < -0.39 is 26.3 Å². The van der Waals surface area contributed by atoms with Crippen molar-refractivity contribution >= 4 is 9.84 Å². The third kappa shape index (κ3) is 3.04. The molecule has 0 amide bonds. The molecule has 0 heterocycles. The zero-order chi connectivity index (χ0) is 14.2. The highest BCUT2D eigenvalue weighted by Gasteiger charge is 2.37. The van der Waals surface area contributed by atoms with Gasteiger partial charge in [0.1, 0.15) is 0 Å². The predicted molar refractivity (Wildman–Crippen MR) is 64.7 cm³/mol. The summed E-state index contributed by atoms with van der Waals surface area (Å²) in [7, 11) is -3.78. The van der Waals surface area contributed by atoms with Gasteiger partial charge in [0.15, 0.2) is 9.84 Å². The van der Waals surface area contributed by atoms with Crippen LogP contribution in [0.1, 0.15) is 27.2 Å². The molecular weight excluding hydrogens is 265 g/mol. The second-order valence-electron chi connectivity index (χ2n) is 4.98. The molecule has 102 valence electrons. The Morgan fingerprint density at radius 3 is 2.17 bits per heavy atom. The second kappa shape index (κ2) is 4.57. The summed E-state index contributed by atoms with van der Waals surface area (Å²) in [6.07, 6.45) is -0.261. The molecule has 0 atom stereocenters. The molecule has 0 fully saturated rings. The van der Waals surface area contributed by atoms with E-state index >= 15 is 0 Å². The Labute approximate surface area is 105 Å². The van der Waals surface area contributed by atoms with Crippen LogP contribution in [-0.4, -0.2) is 19.3 Å². The van der Waals surface area contributed by atoms with Gasteiger partial charge in [-0.25, -0.2) is 8.42 Å². The van der Waals surface area contributed by atoms with Gasteiger partial charge in [-0.05, 0) is 39.3 Å². The van der Waals surface area contributed by atoms with Crippen molar-refractivity contribution in [3.05, 3.63) is 34.8 Å². The third-order valence-corrected chi connectivity index (χ3v) is 5.02. The zero-order valence-corrected chi connectivity index (χ0v) is 11.2. The number of rotatable bonds is 1. The van der Waals surface area contributed by atoms with Crippen LogP contribution in [0.3, 0.4) is 0 Å². The second-order valence-corrected chi connectivity index (χ2v) is 7.69. The fourth-order valence-corrected chi connectivity index (χ4v) is 2.62. The van der Waals surface area contributed by atoms with Crippen molar-refractivity contribution < 1.29 is 21.6 Å². The van der Waals surface area contributed by atoms with Crippen LogP contribution < -0.4 is 0 Å². The van der Waals surface area contributed by atoms with Crippen LogP contribution in [0.2, 0.25) is 0 Å². The predicted octanol–water partition coefficient (Wildman–Crippen LogP) is 3.53. The highest BCUT2D eigenvalue weighted by Crippen LogP contribution is 2.34. The zero-order valence-electron chi connectivity index (χ0n) is 10.4. The molecule has 1 aliphatic carbocycles. The molecule has 0 aromatic rings. The summed E-state index contributed by atoms with van der Waals surface area (Å²) in [6.45, 7) is 4.37. The number of hydrogen-bond acceptors (Lipinski definition) is 2. The number of alkyl halides is 3. The van der Waals surface area contributed by atoms with Crippen molar-refractivity contribution in [2.24, 2.45) is 0 Å². The van der Waals surface area contributed by atoms with Gasteiger partial charge >= 0.3 is 6.18 Å². The molecule has 0 saturated heterocycles. The van der Waals surface area contributed by atoms with Crippen LogP contribution >= 0.6 is 0 Å². The Balaban J connectivity index is 3.34. The van der Waals surface area contributed by atoms with Crippen LogP contribution in [0.25, 0.3) is 0 Å². The van der Waals surface area contributed by atoms with Crippen molar-refractivity contribution in [3.8, 4) is 0 Å². The van der Waals surface area contributed by atoms with Gasteiger partial charge in [0.05, 0.1) is 9.65 Å². The van der Waals surface area contributed by atoms with Gasteiger partial charge in [0.2, 0.25) is 0 Å². The Kier molecular flexibility index (Phi) is 3.81. The van der Waals surface area contributed by atoms with Crippen molar-refractivity contribution in [1.29, 1.82) is 0 Å². The van der Waals surface area contributed by atoms with E-state index in [1.807, 2.05) is 0 Å². The van der Waals surface area contributed by atoms with Crippen LogP contribution in [0, 0.1) is 0 Å². The van der Waals surface area contributed by atoms with Gasteiger partial charge in [-0.1, -0.05) is 12.2 Å². The molecule has 1 aliphatic rings. The SMILES string of the molecule is CC(C)(C)S(=O)(=O)C1=CC=CCC(C(F)(F)F)=C1. The highest BCUT2D eigenvalue weighted by atomic mass is 32.2. The topological polar surface area (TPSA) is 34.1 Å². The maximum absolute atomic E-state index is 12.7. The molecule has 0 aromatic heterocycles. The average Bonchev–Trinajstić information content (AvgIpc) is 2.39. The van der Waals surface area contributed by atoms with E-state index in [4.69, 9.17) is 0 Å². The van der Waals surface area contributed by atoms with Gasteiger partial charge in [0, 0.05) is 5.57 Å². The Hall–Kier alpha value is -1.04. The summed E-state index contributed by atoms with van der Waals surface area (Å²) in [5, 5.41) is 0. The molecule has 0 saturated carbocycles. The van der Waals surface area contributed by atoms with Crippen molar-refractivity contribution in [2.45, 2.75) is 38.1 Å². The van der Waals surface area contributed by atoms with E-state index in [2.05, 4.69) is 0 Å². The molecule has 1 rings (SSSR count). The lowest BCUT2D eigenvalue weighted by molar-refractivity contribution is -0.0928. The van der Waals surface area contributed by atoms with Gasteiger partial charge in [-0.3, -0.25) is 0 Å². The summed E-state index contributed by atoms with van der Waals surface area (Å²) in [5.41, 5.74) is -0.852. The lowest BCUT2D eigenvalue weighted by Crippen LogP contribution is -2.29. The lowest BCUT2D eigenvalue weighted by atomic mass is 10.2. The Bertz CT molecular complexity index is 515. The number of hydrogen-bond donors (Lipinski definition) is 0. The molecular formula is C12H15F3O2S. The fraction of sp³-hybridized carbons (Fsp3) is 0.500. The molecule has 0 unspecified atom stereocenters. The molecule has 0 radical (unpaired) electrons. The maximum atomic E-state index is 12.7. The first-order valence-electron chi connectivity index (χ1n) is 5.35. The smallest absolute Gasteiger partial charge is 0.223 e. The van der Waals surface area contributed by atoms with E-state index in [1.54, 1.807) is 0 Å². The maximum Gasteiger partial charge on any atom is 0.413 e. The lowest BCUT2D eigenvalue weighted by Gasteiger charge is -2.20. The molecule has 0 bridgehead atoms. The van der Waals surface area contributed by atoms with Gasteiger partial charge in [0.25, 0.3) is 0 Å². The summed E-state index contributed by atoms with van der Waals surface area (Å²) in [4.78, 5) is -0.295. The molecule has 0 N–H and O–H groups in total. The molecule has 0 spiro atoms. The summed E-state index contributed by atoms with van der Waals surface area (Å²) in [5.74, 6) is 0. The number of halogens is 3. The highest BCUT2D eigenvalue weighted by molar-refractivity contribution is 7.96. The minimum atomic E-state index is -4.51. The average molecular weight is 280 g/mol. The fourth-order valence-electron chi connectivity index (χ4n) is 1.35. The van der Waals surface area contributed by atoms with Gasteiger partial charge in [-0.15, -0.1) is 0 Å². The monoisotopic (exact) mass is 280 g/mol. The van der Waals surface area contributed by atoms with E-state index in [-0.39, 0.29) is 11.3 Å². The quantitative estimate of drug-likeness (QED) is 0.736. The summed E-state index contributed by atoms with van der Waals surface area (Å²) in [6, 6.07) is 0. The summed E-state index contributed by atoms with van der Waals surface area (Å²) < 4.78 is 61.1. The van der Waals surface area contributed by atoms with Gasteiger partial charge in [-0.2, -0.15) is 13.2 Å². The van der Waals surface area contributed by atoms with Crippen molar-refractivity contribution in [1.82, 2.24) is 0 Å². The minimum Gasteiger partial charge on any atom is -0.223 e. The van der Waals surface area contributed by atoms with Crippen molar-refractivity contribution in [3.63, 3.8) is 0 Å². The first kappa shape index (κ1) is 15.0. The molecule has 6 heteroatoms. The normalized spacial score (nSPS) is 18.1. The van der Waals surface area contributed by atoms with Crippen molar-refractivity contribution in [2.75, 3.05) is 0 Å². The van der Waals surface area contributed by atoms with E-state index in [9.17, 15) is 21.6 Å². The summed E-state index contributed by atoms with van der Waals surface area (Å²) >= 11 is 0.